The van der Waals surface area contributed by atoms with Crippen LogP contribution in [0.1, 0.15) is 6.92 Å². The minimum Gasteiger partial charge on any atom is -0.513 e. The van der Waals surface area contributed by atoms with Gasteiger partial charge in [0.15, 0.2) is 0 Å². The van der Waals surface area contributed by atoms with Crippen molar-refractivity contribution in [3.63, 3.8) is 0 Å². The number of nitrogens with one attached hydrogen (secondary N) is 1. The lowest BCUT2D eigenvalue weighted by Crippen LogP contribution is -2.02. The minimum absolute atomic E-state index is 0.344. The maximum Gasteiger partial charge on any atom is 0.0865 e. The van der Waals surface area contributed by atoms with Gasteiger partial charge >= 0.3 is 0 Å². The highest BCUT2D eigenvalue weighted by Gasteiger charge is 1.98. The number of aliphatic hydroxyl groups is 1. The molecule has 2 nitrogen and oxygen atoms in total. The van der Waals surface area contributed by atoms with Gasteiger partial charge in [-0.05, 0) is 54.1 Å². The number of rotatable bonds is 5. The van der Waals surface area contributed by atoms with Gasteiger partial charge in [0.1, 0.15) is 0 Å². The van der Waals surface area contributed by atoms with E-state index < -0.39 is 0 Å². The van der Waals surface area contributed by atoms with Crippen LogP contribution in [0.15, 0.2) is 58.5 Å². The van der Waals surface area contributed by atoms with Crippen LogP contribution in [-0.2, 0) is 0 Å². The van der Waals surface area contributed by atoms with E-state index in [0.29, 0.717) is 12.3 Å². The monoisotopic (exact) mass is 277 g/mol. The quantitative estimate of drug-likeness (QED) is 0.480. The zero-order valence-corrected chi connectivity index (χ0v) is 11.7. The van der Waals surface area contributed by atoms with Gasteiger partial charge in [-0.3, -0.25) is 4.72 Å². The van der Waals surface area contributed by atoms with E-state index in [1.54, 1.807) is 36.3 Å². The Morgan fingerprint density at radius 1 is 1.33 bits per heavy atom. The molecule has 2 aromatic rings. The van der Waals surface area contributed by atoms with E-state index in [1.165, 1.54) is 15.3 Å². The molecule has 4 heteroatoms. The highest BCUT2D eigenvalue weighted by Crippen LogP contribution is 2.26. The summed E-state index contributed by atoms with van der Waals surface area (Å²) >= 11 is 3.31. The lowest BCUT2D eigenvalue weighted by atomic mass is 10.2. The first-order valence-corrected chi connectivity index (χ1v) is 7.35. The van der Waals surface area contributed by atoms with Crippen molar-refractivity contribution in [2.24, 2.45) is 0 Å². The molecule has 0 amide bonds. The molecule has 0 radical (unpaired) electrons. The number of aliphatic hydroxyl groups excluding tert-OH is 1. The molecule has 0 atom stereocenters. The molecule has 0 spiro atoms. The van der Waals surface area contributed by atoms with Crippen molar-refractivity contribution in [2.45, 2.75) is 11.8 Å². The summed E-state index contributed by atoms with van der Waals surface area (Å²) in [4.78, 5) is 2.46. The van der Waals surface area contributed by atoms with Gasteiger partial charge < -0.3 is 5.11 Å². The molecule has 0 saturated carbocycles. The van der Waals surface area contributed by atoms with E-state index in [4.69, 9.17) is 5.11 Å². The fourth-order valence-corrected chi connectivity index (χ4v) is 2.78. The predicted molar refractivity (Wildman–Crippen MR) is 80.0 cm³/mol. The van der Waals surface area contributed by atoms with E-state index in [1.807, 2.05) is 0 Å². The third-order valence-electron chi connectivity index (χ3n) is 2.33. The molecule has 0 aliphatic heterocycles. The summed E-state index contributed by atoms with van der Waals surface area (Å²) in [7, 11) is 0. The van der Waals surface area contributed by atoms with Crippen molar-refractivity contribution in [1.82, 2.24) is 4.72 Å². The van der Waals surface area contributed by atoms with Crippen molar-refractivity contribution in [3.8, 4) is 10.4 Å². The fraction of sp³-hybridized carbons (Fsp3) is 0.143. The average Bonchev–Trinajstić information content (AvgIpc) is 2.89. The molecule has 0 unspecified atom stereocenters. The standard InChI is InChI=1S/C14H15NOS2/c1-11(16)8-9-15-18-13-6-4-12(5-7-13)14-3-2-10-17-14/h2-8,10,15-16H,9H2,1H3/b11-8-. The predicted octanol–water partition coefficient (Wildman–Crippen LogP) is 4.47. The third kappa shape index (κ3) is 3.91. The first-order valence-electron chi connectivity index (χ1n) is 5.65. The summed E-state index contributed by atoms with van der Waals surface area (Å²) in [5.74, 6) is 0.344. The summed E-state index contributed by atoms with van der Waals surface area (Å²) < 4.78 is 3.17. The van der Waals surface area contributed by atoms with Crippen LogP contribution in [0.4, 0.5) is 0 Å². The largest absolute Gasteiger partial charge is 0.513 e. The SMILES string of the molecule is C/C(O)=C/CNSc1ccc(-c2cccs2)cc1. The third-order valence-corrected chi connectivity index (χ3v) is 4.07. The molecule has 0 aliphatic rings. The summed E-state index contributed by atoms with van der Waals surface area (Å²) in [6.45, 7) is 2.32. The Hall–Kier alpha value is -1.23. The highest BCUT2D eigenvalue weighted by molar-refractivity contribution is 7.97. The molecule has 94 valence electrons. The van der Waals surface area contributed by atoms with Crippen LogP contribution in [0, 0.1) is 0 Å². The second kappa shape index (κ2) is 6.64. The van der Waals surface area contributed by atoms with E-state index in [9.17, 15) is 0 Å². The molecule has 0 aliphatic carbocycles. The van der Waals surface area contributed by atoms with Crippen molar-refractivity contribution >= 4 is 23.3 Å². The number of thiophene rings is 1. The molecule has 2 N–H and O–H groups in total. The zero-order valence-electron chi connectivity index (χ0n) is 10.1. The zero-order chi connectivity index (χ0) is 12.8. The van der Waals surface area contributed by atoms with Gasteiger partial charge in [0, 0.05) is 16.3 Å². The van der Waals surface area contributed by atoms with Crippen LogP contribution >= 0.6 is 23.3 Å². The molecule has 0 saturated heterocycles. The number of allylic oxidation sites excluding steroid dienone is 1. The van der Waals surface area contributed by atoms with Gasteiger partial charge in [-0.2, -0.15) is 0 Å². The first-order chi connectivity index (χ1) is 8.75. The van der Waals surface area contributed by atoms with Gasteiger partial charge in [-0.1, -0.05) is 18.2 Å². The van der Waals surface area contributed by atoms with Crippen molar-refractivity contribution in [3.05, 3.63) is 53.6 Å². The van der Waals surface area contributed by atoms with Gasteiger partial charge in [-0.15, -0.1) is 11.3 Å². The summed E-state index contributed by atoms with van der Waals surface area (Å²) in [6, 6.07) is 12.6. The molecule has 1 aromatic carbocycles. The summed E-state index contributed by atoms with van der Waals surface area (Å²) in [5, 5.41) is 11.1. The summed E-state index contributed by atoms with van der Waals surface area (Å²) in [6.07, 6.45) is 1.74. The van der Waals surface area contributed by atoms with Crippen molar-refractivity contribution in [2.75, 3.05) is 6.54 Å². The van der Waals surface area contributed by atoms with E-state index in [0.717, 1.165) is 0 Å². The molecule has 2 rings (SSSR count). The molecule has 0 fully saturated rings. The van der Waals surface area contributed by atoms with Crippen LogP contribution in [0.25, 0.3) is 10.4 Å². The molecular formula is C14H15NOS2. The van der Waals surface area contributed by atoms with Crippen molar-refractivity contribution < 1.29 is 5.11 Å². The van der Waals surface area contributed by atoms with Crippen molar-refractivity contribution in [1.29, 1.82) is 0 Å². The van der Waals surface area contributed by atoms with Crippen LogP contribution < -0.4 is 4.72 Å². The smallest absolute Gasteiger partial charge is 0.0865 e. The molecular weight excluding hydrogens is 262 g/mol. The Morgan fingerprint density at radius 2 is 2.11 bits per heavy atom. The normalized spacial score (nSPS) is 11.7. The molecule has 1 heterocycles. The van der Waals surface area contributed by atoms with Gasteiger partial charge in [0.05, 0.1) is 5.76 Å². The maximum absolute atomic E-state index is 9.00. The Morgan fingerprint density at radius 3 is 2.72 bits per heavy atom. The Bertz CT molecular complexity index is 499. The van der Waals surface area contributed by atoms with Gasteiger partial charge in [0.25, 0.3) is 0 Å². The number of hydrogen-bond acceptors (Lipinski definition) is 4. The second-order valence-electron chi connectivity index (χ2n) is 3.80. The van der Waals surface area contributed by atoms with Crippen LogP contribution in [-0.4, -0.2) is 11.7 Å². The highest BCUT2D eigenvalue weighted by atomic mass is 32.2. The van der Waals surface area contributed by atoms with Crippen LogP contribution in [0.2, 0.25) is 0 Å². The first kappa shape index (κ1) is 13.2. The van der Waals surface area contributed by atoms with E-state index in [2.05, 4.69) is 46.5 Å². The van der Waals surface area contributed by atoms with Gasteiger partial charge in [0.2, 0.25) is 0 Å². The Kier molecular flexibility index (Phi) is 4.87. The van der Waals surface area contributed by atoms with E-state index >= 15 is 0 Å². The number of benzene rings is 1. The van der Waals surface area contributed by atoms with E-state index in [-0.39, 0.29) is 0 Å². The second-order valence-corrected chi connectivity index (χ2v) is 5.71. The molecule has 1 aromatic heterocycles. The lowest BCUT2D eigenvalue weighted by molar-refractivity contribution is 0.412. The van der Waals surface area contributed by atoms with Crippen LogP contribution in [0.5, 0.6) is 0 Å². The lowest BCUT2D eigenvalue weighted by Gasteiger charge is -2.03. The topological polar surface area (TPSA) is 32.3 Å². The Labute approximate surface area is 116 Å². The maximum atomic E-state index is 9.00. The number of hydrogen-bond donors (Lipinski definition) is 2. The molecule has 18 heavy (non-hydrogen) atoms. The Balaban J connectivity index is 1.90. The summed E-state index contributed by atoms with van der Waals surface area (Å²) in [5.41, 5.74) is 1.25. The minimum atomic E-state index is 0.344. The van der Waals surface area contributed by atoms with Crippen LogP contribution in [0.3, 0.4) is 0 Å². The molecule has 0 bridgehead atoms. The fourth-order valence-electron chi connectivity index (χ4n) is 1.44. The van der Waals surface area contributed by atoms with Gasteiger partial charge in [-0.25, -0.2) is 0 Å². The average molecular weight is 277 g/mol.